The van der Waals surface area contributed by atoms with Crippen LogP contribution in [0.2, 0.25) is 0 Å². The molecule has 4 rings (SSSR count). The van der Waals surface area contributed by atoms with E-state index in [1.807, 2.05) is 0 Å². The van der Waals surface area contributed by atoms with Gasteiger partial charge in [-0.1, -0.05) is 0 Å². The van der Waals surface area contributed by atoms with E-state index >= 15 is 0 Å². The summed E-state index contributed by atoms with van der Waals surface area (Å²) in [5.41, 5.74) is -0.176. The lowest BCUT2D eigenvalue weighted by Gasteiger charge is -2.19. The smallest absolute Gasteiger partial charge is 0.267 e. The summed E-state index contributed by atoms with van der Waals surface area (Å²) in [6.45, 7) is 0.376. The maximum Gasteiger partial charge on any atom is 0.267 e. The molecule has 1 N–H and O–H groups in total. The highest BCUT2D eigenvalue weighted by atomic mass is 32.2. The number of nitrogens with zero attached hydrogens (tertiary/aromatic N) is 2. The van der Waals surface area contributed by atoms with E-state index in [-0.39, 0.29) is 9.92 Å². The van der Waals surface area contributed by atoms with E-state index in [1.54, 1.807) is 18.2 Å². The number of ether oxygens (including phenoxy) is 3. The van der Waals surface area contributed by atoms with Crippen LogP contribution in [0.5, 0.6) is 17.2 Å². The average Bonchev–Trinajstić information content (AvgIpc) is 2.80. The van der Waals surface area contributed by atoms with Crippen LogP contribution < -0.4 is 25.1 Å². The second-order valence-corrected chi connectivity index (χ2v) is 8.65. The number of anilines is 1. The summed E-state index contributed by atoms with van der Waals surface area (Å²) < 4.78 is 42.5. The number of carbonyl (C=O) groups is 1. The largest absolute Gasteiger partial charge is 0.497 e. The molecular formula is C21H19N3O7S. The number of hydrogen-bond acceptors (Lipinski definition) is 8. The summed E-state index contributed by atoms with van der Waals surface area (Å²) in [4.78, 5) is 24.6. The Morgan fingerprint density at radius 1 is 1.06 bits per heavy atom. The SMILES string of the molecule is COc1ccc(S(=O)(=O)c2ccc(=O)n(CC(=O)Nc3ccc4c(c3)OCCO4)n2)cc1. The van der Waals surface area contributed by atoms with Gasteiger partial charge in [0.05, 0.1) is 12.0 Å². The highest BCUT2D eigenvalue weighted by Gasteiger charge is 2.21. The van der Waals surface area contributed by atoms with Gasteiger partial charge in [-0.15, -0.1) is 0 Å². The van der Waals surface area contributed by atoms with Gasteiger partial charge in [-0.2, -0.15) is 5.10 Å². The lowest BCUT2D eigenvalue weighted by molar-refractivity contribution is -0.117. The van der Waals surface area contributed by atoms with Crippen molar-refractivity contribution in [2.45, 2.75) is 16.5 Å². The van der Waals surface area contributed by atoms with Crippen LogP contribution in [0.3, 0.4) is 0 Å². The van der Waals surface area contributed by atoms with Crippen molar-refractivity contribution in [2.75, 3.05) is 25.6 Å². The topological polar surface area (TPSA) is 126 Å². The van der Waals surface area contributed by atoms with Crippen molar-refractivity contribution in [2.24, 2.45) is 0 Å². The molecule has 2 heterocycles. The summed E-state index contributed by atoms with van der Waals surface area (Å²) >= 11 is 0. The minimum absolute atomic E-state index is 0.0169. The Morgan fingerprint density at radius 2 is 1.78 bits per heavy atom. The monoisotopic (exact) mass is 457 g/mol. The van der Waals surface area contributed by atoms with E-state index in [2.05, 4.69) is 10.4 Å². The zero-order valence-corrected chi connectivity index (χ0v) is 17.8. The molecule has 1 amide bonds. The maximum atomic E-state index is 12.9. The summed E-state index contributed by atoms with van der Waals surface area (Å²) in [6, 6.07) is 12.8. The van der Waals surface area contributed by atoms with Crippen LogP contribution in [0.1, 0.15) is 0 Å². The molecule has 0 atom stereocenters. The Hall–Kier alpha value is -3.86. The van der Waals surface area contributed by atoms with Crippen LogP contribution in [-0.2, 0) is 21.2 Å². The Morgan fingerprint density at radius 3 is 2.50 bits per heavy atom. The van der Waals surface area contributed by atoms with Gasteiger partial charge in [0.15, 0.2) is 16.5 Å². The molecule has 0 spiro atoms. The zero-order valence-electron chi connectivity index (χ0n) is 17.0. The highest BCUT2D eigenvalue weighted by molar-refractivity contribution is 7.91. The van der Waals surface area contributed by atoms with Gasteiger partial charge < -0.3 is 19.5 Å². The second-order valence-electron chi connectivity index (χ2n) is 6.75. The third kappa shape index (κ3) is 4.42. The fourth-order valence-corrected chi connectivity index (χ4v) is 4.21. The number of amides is 1. The number of carbonyl (C=O) groups excluding carboxylic acids is 1. The summed E-state index contributed by atoms with van der Waals surface area (Å²) in [7, 11) is -2.53. The van der Waals surface area contributed by atoms with Crippen LogP contribution in [-0.4, -0.2) is 44.4 Å². The zero-order chi connectivity index (χ0) is 22.7. The summed E-state index contributed by atoms with van der Waals surface area (Å²) in [5, 5.41) is 6.17. The van der Waals surface area contributed by atoms with Gasteiger partial charge in [-0.25, -0.2) is 13.1 Å². The molecule has 11 heteroatoms. The summed E-state index contributed by atoms with van der Waals surface area (Å²) in [5.74, 6) is 1.01. The van der Waals surface area contributed by atoms with Crippen molar-refractivity contribution in [3.63, 3.8) is 0 Å². The van der Waals surface area contributed by atoms with Crippen LogP contribution in [0, 0.1) is 0 Å². The maximum absolute atomic E-state index is 12.9. The minimum Gasteiger partial charge on any atom is -0.497 e. The van der Waals surface area contributed by atoms with E-state index in [9.17, 15) is 18.0 Å². The molecule has 3 aromatic rings. The van der Waals surface area contributed by atoms with E-state index in [4.69, 9.17) is 14.2 Å². The first-order valence-corrected chi connectivity index (χ1v) is 11.0. The molecular weight excluding hydrogens is 438 g/mol. The van der Waals surface area contributed by atoms with Crippen molar-refractivity contribution in [3.05, 3.63) is 65.0 Å². The fraction of sp³-hybridized carbons (Fsp3) is 0.190. The third-order valence-electron chi connectivity index (χ3n) is 4.61. The fourth-order valence-electron chi connectivity index (χ4n) is 3.02. The molecule has 10 nitrogen and oxygen atoms in total. The van der Waals surface area contributed by atoms with Gasteiger partial charge >= 0.3 is 0 Å². The molecule has 0 saturated carbocycles. The molecule has 0 saturated heterocycles. The first kappa shape index (κ1) is 21.4. The Bertz CT molecular complexity index is 1320. The van der Waals surface area contributed by atoms with E-state index in [0.717, 1.165) is 16.8 Å². The van der Waals surface area contributed by atoms with Crippen LogP contribution in [0.25, 0.3) is 0 Å². The van der Waals surface area contributed by atoms with Crippen molar-refractivity contribution in [3.8, 4) is 17.2 Å². The van der Waals surface area contributed by atoms with Crippen molar-refractivity contribution < 1.29 is 27.4 Å². The molecule has 166 valence electrons. The molecule has 0 unspecified atom stereocenters. The Kier molecular flexibility index (Phi) is 5.82. The molecule has 0 fully saturated rings. The molecule has 32 heavy (non-hydrogen) atoms. The van der Waals surface area contributed by atoms with Crippen LogP contribution >= 0.6 is 0 Å². The highest BCUT2D eigenvalue weighted by Crippen LogP contribution is 2.32. The van der Waals surface area contributed by atoms with Gasteiger partial charge in [0.1, 0.15) is 25.5 Å². The standard InChI is InChI=1S/C21H19N3O7S/c1-29-15-3-5-16(6-4-15)32(27,28)20-8-9-21(26)24(23-20)13-19(25)22-14-2-7-17-18(12-14)31-11-10-30-17/h2-9,12H,10-11,13H2,1H3,(H,22,25). The quantitative estimate of drug-likeness (QED) is 0.590. The van der Waals surface area contributed by atoms with Crippen molar-refractivity contribution in [1.82, 2.24) is 9.78 Å². The van der Waals surface area contributed by atoms with Gasteiger partial charge in [-0.3, -0.25) is 9.59 Å². The number of nitrogens with one attached hydrogen (secondary N) is 1. The van der Waals surface area contributed by atoms with E-state index < -0.39 is 27.8 Å². The molecule has 0 bridgehead atoms. The van der Waals surface area contributed by atoms with E-state index in [1.165, 1.54) is 31.4 Å². The first-order valence-electron chi connectivity index (χ1n) is 9.53. The lowest BCUT2D eigenvalue weighted by Crippen LogP contribution is -2.30. The van der Waals surface area contributed by atoms with Gasteiger partial charge in [0.2, 0.25) is 15.7 Å². The van der Waals surface area contributed by atoms with Crippen LogP contribution in [0.4, 0.5) is 5.69 Å². The predicted molar refractivity (Wildman–Crippen MR) is 113 cm³/mol. The first-order chi connectivity index (χ1) is 15.4. The Balaban J connectivity index is 1.53. The van der Waals surface area contributed by atoms with E-state index in [0.29, 0.717) is 36.1 Å². The third-order valence-corrected chi connectivity index (χ3v) is 6.27. The average molecular weight is 457 g/mol. The molecule has 0 radical (unpaired) electrons. The number of sulfone groups is 1. The van der Waals surface area contributed by atoms with Gasteiger partial charge in [0.25, 0.3) is 5.56 Å². The summed E-state index contributed by atoms with van der Waals surface area (Å²) in [6.07, 6.45) is 0. The van der Waals surface area contributed by atoms with Crippen molar-refractivity contribution in [1.29, 1.82) is 0 Å². The van der Waals surface area contributed by atoms with Crippen molar-refractivity contribution >= 4 is 21.4 Å². The lowest BCUT2D eigenvalue weighted by atomic mass is 10.2. The molecule has 0 aliphatic carbocycles. The second kappa shape index (κ2) is 8.71. The Labute approximate surface area is 183 Å². The molecule has 1 aromatic heterocycles. The molecule has 1 aliphatic heterocycles. The number of methoxy groups -OCH3 is 1. The van der Waals surface area contributed by atoms with Gasteiger partial charge in [0, 0.05) is 17.8 Å². The number of benzene rings is 2. The van der Waals surface area contributed by atoms with Crippen LogP contribution in [0.15, 0.2) is 69.3 Å². The van der Waals surface area contributed by atoms with Gasteiger partial charge in [-0.05, 0) is 42.5 Å². The number of fused-ring (bicyclic) bond motifs is 1. The molecule has 2 aromatic carbocycles. The number of rotatable bonds is 6. The normalized spacial score (nSPS) is 12.8. The predicted octanol–water partition coefficient (Wildman–Crippen LogP) is 1.49. The number of hydrogen-bond donors (Lipinski definition) is 1. The minimum atomic E-state index is -4.00. The number of aromatic nitrogens is 2. The molecule has 1 aliphatic rings.